The monoisotopic (exact) mass is 306 g/mol. The van der Waals surface area contributed by atoms with Crippen molar-refractivity contribution < 1.29 is 27.9 Å². The maximum absolute atomic E-state index is 12.4. The molecule has 0 aromatic heterocycles. The van der Waals surface area contributed by atoms with Crippen molar-refractivity contribution in [3.8, 4) is 0 Å². The first-order valence-corrected chi connectivity index (χ1v) is 8.25. The summed E-state index contributed by atoms with van der Waals surface area (Å²) < 4.78 is 29.5. The van der Waals surface area contributed by atoms with Crippen molar-refractivity contribution >= 4 is 21.9 Å². The van der Waals surface area contributed by atoms with Gasteiger partial charge in [0.1, 0.15) is 6.04 Å². The smallest absolute Gasteiger partial charge is 0.334 e. The zero-order valence-electron chi connectivity index (χ0n) is 11.2. The number of nitrogens with zero attached hydrogens (tertiary/aromatic N) is 2. The van der Waals surface area contributed by atoms with E-state index < -0.39 is 28.1 Å². The van der Waals surface area contributed by atoms with Crippen LogP contribution in [-0.2, 0) is 24.3 Å². The van der Waals surface area contributed by atoms with Crippen LogP contribution in [0.25, 0.3) is 0 Å². The second-order valence-electron chi connectivity index (χ2n) is 5.01. The van der Waals surface area contributed by atoms with Gasteiger partial charge in [-0.05, 0) is 12.8 Å². The van der Waals surface area contributed by atoms with Crippen LogP contribution in [-0.4, -0.2) is 79.2 Å². The average molecular weight is 306 g/mol. The summed E-state index contributed by atoms with van der Waals surface area (Å²) in [6.07, 6.45) is 1.15. The van der Waals surface area contributed by atoms with Crippen molar-refractivity contribution in [3.05, 3.63) is 0 Å². The van der Waals surface area contributed by atoms with Gasteiger partial charge in [0.05, 0.1) is 19.4 Å². The van der Waals surface area contributed by atoms with Gasteiger partial charge in [0, 0.05) is 13.1 Å². The molecule has 2 saturated heterocycles. The van der Waals surface area contributed by atoms with Crippen LogP contribution in [0.15, 0.2) is 0 Å². The number of carbonyl (C=O) groups excluding carboxylic acids is 1. The van der Waals surface area contributed by atoms with Crippen molar-refractivity contribution in [1.82, 2.24) is 9.21 Å². The van der Waals surface area contributed by atoms with E-state index in [2.05, 4.69) is 0 Å². The van der Waals surface area contributed by atoms with Crippen LogP contribution in [0.4, 0.5) is 0 Å². The summed E-state index contributed by atoms with van der Waals surface area (Å²) in [6, 6.07) is -0.711. The van der Waals surface area contributed by atoms with Crippen LogP contribution in [0.5, 0.6) is 0 Å². The Morgan fingerprint density at radius 2 is 2.00 bits per heavy atom. The summed E-state index contributed by atoms with van der Waals surface area (Å²) in [5.74, 6) is -1.45. The number of amides is 1. The molecule has 2 fully saturated rings. The molecule has 20 heavy (non-hydrogen) atoms. The Morgan fingerprint density at radius 3 is 2.60 bits per heavy atom. The number of morpholine rings is 1. The Bertz CT molecular complexity index is 505. The molecule has 2 rings (SSSR count). The van der Waals surface area contributed by atoms with Crippen LogP contribution in [0.2, 0.25) is 0 Å². The van der Waals surface area contributed by atoms with Gasteiger partial charge in [-0.25, -0.2) is 13.2 Å². The molecule has 9 heteroatoms. The zero-order chi connectivity index (χ0) is 14.9. The molecule has 0 spiro atoms. The standard InChI is InChI=1S/C11H18N2O6S/c1-20(17,18)13-4-2-3-8(13)10(14)12-5-6-19-9(7-12)11(15)16/h8-9H,2-7H2,1H3,(H,15,16)/t8-,9+/m1/s1. The van der Waals surface area contributed by atoms with E-state index in [-0.39, 0.29) is 25.6 Å². The van der Waals surface area contributed by atoms with E-state index in [9.17, 15) is 18.0 Å². The second-order valence-corrected chi connectivity index (χ2v) is 6.95. The molecule has 2 heterocycles. The summed E-state index contributed by atoms with van der Waals surface area (Å²) >= 11 is 0. The maximum atomic E-state index is 12.4. The number of rotatable bonds is 3. The van der Waals surface area contributed by atoms with Crippen LogP contribution in [0.3, 0.4) is 0 Å². The fraction of sp³-hybridized carbons (Fsp3) is 0.818. The van der Waals surface area contributed by atoms with Gasteiger partial charge in [-0.15, -0.1) is 0 Å². The van der Waals surface area contributed by atoms with Gasteiger partial charge < -0.3 is 14.7 Å². The number of hydrogen-bond donors (Lipinski definition) is 1. The fourth-order valence-electron chi connectivity index (χ4n) is 2.59. The molecule has 2 aliphatic heterocycles. The van der Waals surface area contributed by atoms with Gasteiger partial charge in [0.15, 0.2) is 6.10 Å². The number of ether oxygens (including phenoxy) is 1. The van der Waals surface area contributed by atoms with Gasteiger partial charge in [0.25, 0.3) is 0 Å². The third kappa shape index (κ3) is 3.10. The number of sulfonamides is 1. The highest BCUT2D eigenvalue weighted by atomic mass is 32.2. The van der Waals surface area contributed by atoms with Gasteiger partial charge in [-0.1, -0.05) is 0 Å². The van der Waals surface area contributed by atoms with E-state index in [0.29, 0.717) is 19.4 Å². The van der Waals surface area contributed by atoms with Gasteiger partial charge >= 0.3 is 5.97 Å². The Morgan fingerprint density at radius 1 is 1.30 bits per heavy atom. The van der Waals surface area contributed by atoms with E-state index in [1.807, 2.05) is 0 Å². The zero-order valence-corrected chi connectivity index (χ0v) is 12.0. The lowest BCUT2D eigenvalue weighted by atomic mass is 10.1. The quantitative estimate of drug-likeness (QED) is 0.696. The Kier molecular flexibility index (Phi) is 4.31. The highest BCUT2D eigenvalue weighted by molar-refractivity contribution is 7.88. The minimum atomic E-state index is -3.43. The second kappa shape index (κ2) is 5.66. The average Bonchev–Trinajstić information content (AvgIpc) is 2.87. The summed E-state index contributed by atoms with van der Waals surface area (Å²) in [7, 11) is -3.43. The van der Waals surface area contributed by atoms with Crippen molar-refractivity contribution in [2.75, 3.05) is 32.5 Å². The Balaban J connectivity index is 2.09. The SMILES string of the molecule is CS(=O)(=O)N1CCC[C@@H]1C(=O)N1CCO[C@H](C(=O)O)C1. The number of hydrogen-bond acceptors (Lipinski definition) is 5. The molecule has 8 nitrogen and oxygen atoms in total. The molecule has 0 saturated carbocycles. The summed E-state index contributed by atoms with van der Waals surface area (Å²) in [5, 5.41) is 8.92. The molecule has 114 valence electrons. The largest absolute Gasteiger partial charge is 0.479 e. The lowest BCUT2D eigenvalue weighted by Gasteiger charge is -2.34. The van der Waals surface area contributed by atoms with E-state index in [1.54, 1.807) is 0 Å². The van der Waals surface area contributed by atoms with Crippen molar-refractivity contribution in [3.63, 3.8) is 0 Å². The topological polar surface area (TPSA) is 104 Å². The lowest BCUT2D eigenvalue weighted by Crippen LogP contribution is -2.54. The molecule has 0 aromatic rings. The molecule has 2 aliphatic rings. The predicted molar refractivity (Wildman–Crippen MR) is 68.5 cm³/mol. The van der Waals surface area contributed by atoms with E-state index in [1.165, 1.54) is 9.21 Å². The normalized spacial score (nSPS) is 28.6. The van der Waals surface area contributed by atoms with E-state index in [4.69, 9.17) is 9.84 Å². The van der Waals surface area contributed by atoms with Gasteiger partial charge in [0.2, 0.25) is 15.9 Å². The molecular formula is C11H18N2O6S. The van der Waals surface area contributed by atoms with Crippen molar-refractivity contribution in [1.29, 1.82) is 0 Å². The number of carbonyl (C=O) groups is 2. The molecule has 1 amide bonds. The maximum Gasteiger partial charge on any atom is 0.334 e. The van der Waals surface area contributed by atoms with Crippen LogP contribution in [0.1, 0.15) is 12.8 Å². The molecule has 0 radical (unpaired) electrons. The molecule has 1 N–H and O–H groups in total. The lowest BCUT2D eigenvalue weighted by molar-refractivity contribution is -0.160. The van der Waals surface area contributed by atoms with Gasteiger partial charge in [-0.3, -0.25) is 4.79 Å². The molecular weight excluding hydrogens is 288 g/mol. The summed E-state index contributed by atoms with van der Waals surface area (Å²) in [4.78, 5) is 24.7. The molecule has 0 bridgehead atoms. The Labute approximate surface area is 117 Å². The predicted octanol–water partition coefficient (Wildman–Crippen LogP) is -1.28. The summed E-state index contributed by atoms with van der Waals surface area (Å²) in [6.45, 7) is 0.731. The van der Waals surface area contributed by atoms with Crippen LogP contribution in [0, 0.1) is 0 Å². The van der Waals surface area contributed by atoms with Crippen LogP contribution < -0.4 is 0 Å². The molecule has 0 aromatic carbocycles. The first-order chi connectivity index (χ1) is 9.30. The van der Waals surface area contributed by atoms with Crippen LogP contribution >= 0.6 is 0 Å². The molecule has 0 unspecified atom stereocenters. The number of carboxylic acids is 1. The van der Waals surface area contributed by atoms with E-state index in [0.717, 1.165) is 6.26 Å². The third-order valence-electron chi connectivity index (χ3n) is 3.57. The highest BCUT2D eigenvalue weighted by Gasteiger charge is 2.40. The Hall–Kier alpha value is -1.19. The van der Waals surface area contributed by atoms with Crippen molar-refractivity contribution in [2.24, 2.45) is 0 Å². The highest BCUT2D eigenvalue weighted by Crippen LogP contribution is 2.23. The van der Waals surface area contributed by atoms with Crippen molar-refractivity contribution in [2.45, 2.75) is 25.0 Å². The minimum absolute atomic E-state index is 0.0394. The number of aliphatic carboxylic acids is 1. The first-order valence-electron chi connectivity index (χ1n) is 6.40. The first kappa shape index (κ1) is 15.2. The molecule has 0 aliphatic carbocycles. The minimum Gasteiger partial charge on any atom is -0.479 e. The summed E-state index contributed by atoms with van der Waals surface area (Å²) in [5.41, 5.74) is 0. The van der Waals surface area contributed by atoms with Gasteiger partial charge in [-0.2, -0.15) is 4.31 Å². The third-order valence-corrected chi connectivity index (χ3v) is 4.86. The van der Waals surface area contributed by atoms with E-state index >= 15 is 0 Å². The molecule has 2 atom stereocenters. The number of carboxylic acid groups (broad SMARTS) is 1. The fourth-order valence-corrected chi connectivity index (χ4v) is 3.71.